The van der Waals surface area contributed by atoms with Crippen molar-refractivity contribution in [2.75, 3.05) is 0 Å². The summed E-state index contributed by atoms with van der Waals surface area (Å²) in [4.78, 5) is 14.9. The first kappa shape index (κ1) is 11.1. The first-order valence-corrected chi connectivity index (χ1v) is 4.87. The Bertz CT molecular complexity index is 625. The van der Waals surface area contributed by atoms with Crippen LogP contribution in [0, 0.1) is 11.3 Å². The lowest BCUT2D eigenvalue weighted by atomic mass is 10.2. The van der Waals surface area contributed by atoms with Gasteiger partial charge in [-0.15, -0.1) is 0 Å². The number of carbonyl (C=O) groups is 1. The molecule has 1 aromatic heterocycles. The van der Waals surface area contributed by atoms with E-state index in [9.17, 15) is 4.79 Å². The normalized spacial score (nSPS) is 10.4. The maximum atomic E-state index is 10.8. The molecule has 0 bridgehead atoms. The molecule has 0 saturated carbocycles. The van der Waals surface area contributed by atoms with Crippen LogP contribution in [0.5, 0.6) is 0 Å². The smallest absolute Gasteiger partial charge is 0.335 e. The minimum Gasteiger partial charge on any atom is -0.478 e. The van der Waals surface area contributed by atoms with Gasteiger partial charge in [-0.2, -0.15) is 5.26 Å². The van der Waals surface area contributed by atoms with Crippen LogP contribution in [-0.4, -0.2) is 25.7 Å². The van der Waals surface area contributed by atoms with E-state index in [0.29, 0.717) is 16.9 Å². The number of aromatic carboxylic acids is 1. The number of hydrogen-bond acceptors (Lipinski definition) is 4. The Morgan fingerprint density at radius 1 is 1.53 bits per heavy atom. The molecule has 6 nitrogen and oxygen atoms in total. The Kier molecular flexibility index (Phi) is 2.77. The minimum atomic E-state index is -1.03. The lowest BCUT2D eigenvalue weighted by Gasteiger charge is -2.01. The molecule has 2 aromatic rings. The Labute approximate surface area is 96.4 Å². The van der Waals surface area contributed by atoms with Crippen LogP contribution in [0.1, 0.15) is 16.2 Å². The fourth-order valence-corrected chi connectivity index (χ4v) is 1.68. The molecule has 0 spiro atoms. The number of aliphatic hydroxyl groups is 1. The lowest BCUT2D eigenvalue weighted by Crippen LogP contribution is -2.02. The van der Waals surface area contributed by atoms with Crippen molar-refractivity contribution in [3.8, 4) is 6.07 Å². The summed E-state index contributed by atoms with van der Waals surface area (Å²) in [6.07, 6.45) is 0. The molecular weight excluding hydrogens is 222 g/mol. The molecule has 1 aromatic carbocycles. The highest BCUT2D eigenvalue weighted by molar-refractivity contribution is 5.92. The zero-order valence-corrected chi connectivity index (χ0v) is 8.79. The second kappa shape index (κ2) is 4.23. The molecule has 2 rings (SSSR count). The van der Waals surface area contributed by atoms with Crippen molar-refractivity contribution in [1.82, 2.24) is 9.55 Å². The highest BCUT2D eigenvalue weighted by Crippen LogP contribution is 2.18. The standard InChI is InChI=1S/C11H9N3O3/c12-3-4-14-9-2-1-7(11(16)17)5-8(9)13-10(14)6-15/h1-2,5,15H,4,6H2,(H,16,17). The number of fused-ring (bicyclic) bond motifs is 1. The van der Waals surface area contributed by atoms with E-state index in [1.165, 1.54) is 12.1 Å². The second-order valence-electron chi connectivity index (χ2n) is 3.44. The third-order valence-corrected chi connectivity index (χ3v) is 2.44. The average Bonchev–Trinajstić information content (AvgIpc) is 2.67. The summed E-state index contributed by atoms with van der Waals surface area (Å²) in [6, 6.07) is 6.42. The number of nitriles is 1. The van der Waals surface area contributed by atoms with Crippen LogP contribution >= 0.6 is 0 Å². The largest absolute Gasteiger partial charge is 0.478 e. The minimum absolute atomic E-state index is 0.0683. The van der Waals surface area contributed by atoms with E-state index < -0.39 is 5.97 Å². The number of nitrogens with zero attached hydrogens (tertiary/aromatic N) is 3. The van der Waals surface area contributed by atoms with E-state index in [2.05, 4.69) is 4.98 Å². The number of carboxylic acids is 1. The van der Waals surface area contributed by atoms with Crippen molar-refractivity contribution in [2.24, 2.45) is 0 Å². The number of hydrogen-bond donors (Lipinski definition) is 2. The SMILES string of the molecule is N#CCn1c(CO)nc2cc(C(=O)O)ccc21. The van der Waals surface area contributed by atoms with Crippen LogP contribution in [0.4, 0.5) is 0 Å². The summed E-state index contributed by atoms with van der Waals surface area (Å²) in [5, 5.41) is 26.6. The molecule has 0 radical (unpaired) electrons. The summed E-state index contributed by atoms with van der Waals surface area (Å²) < 4.78 is 1.56. The summed E-state index contributed by atoms with van der Waals surface area (Å²) in [7, 11) is 0. The van der Waals surface area contributed by atoms with Gasteiger partial charge in [-0.05, 0) is 18.2 Å². The van der Waals surface area contributed by atoms with Crippen LogP contribution in [0.25, 0.3) is 11.0 Å². The molecule has 0 aliphatic carbocycles. The first-order chi connectivity index (χ1) is 8.17. The van der Waals surface area contributed by atoms with Gasteiger partial charge < -0.3 is 14.8 Å². The number of imidazole rings is 1. The van der Waals surface area contributed by atoms with Crippen molar-refractivity contribution in [3.63, 3.8) is 0 Å². The summed E-state index contributed by atoms with van der Waals surface area (Å²) in [5.41, 5.74) is 1.23. The van der Waals surface area contributed by atoms with Gasteiger partial charge in [0.1, 0.15) is 19.0 Å². The van der Waals surface area contributed by atoms with Crippen molar-refractivity contribution >= 4 is 17.0 Å². The monoisotopic (exact) mass is 231 g/mol. The van der Waals surface area contributed by atoms with Gasteiger partial charge in [-0.25, -0.2) is 9.78 Å². The quantitative estimate of drug-likeness (QED) is 0.812. The predicted octanol–water partition coefficient (Wildman–Crippen LogP) is 0.750. The summed E-state index contributed by atoms with van der Waals surface area (Å²) >= 11 is 0. The molecule has 86 valence electrons. The van der Waals surface area contributed by atoms with Crippen LogP contribution < -0.4 is 0 Å². The molecule has 0 aliphatic heterocycles. The highest BCUT2D eigenvalue weighted by atomic mass is 16.4. The van der Waals surface area contributed by atoms with E-state index in [1.54, 1.807) is 10.6 Å². The maximum Gasteiger partial charge on any atom is 0.335 e. The summed E-state index contributed by atoms with van der Waals surface area (Å²) in [5.74, 6) is -0.684. The number of benzene rings is 1. The van der Waals surface area contributed by atoms with E-state index >= 15 is 0 Å². The Hall–Kier alpha value is -2.39. The van der Waals surface area contributed by atoms with Crippen molar-refractivity contribution < 1.29 is 15.0 Å². The van der Waals surface area contributed by atoms with Gasteiger partial charge in [0.2, 0.25) is 0 Å². The molecule has 0 unspecified atom stereocenters. The van der Waals surface area contributed by atoms with Crippen LogP contribution in [0.3, 0.4) is 0 Å². The van der Waals surface area contributed by atoms with Gasteiger partial charge in [-0.1, -0.05) is 0 Å². The van der Waals surface area contributed by atoms with E-state index in [4.69, 9.17) is 15.5 Å². The average molecular weight is 231 g/mol. The Morgan fingerprint density at radius 2 is 2.29 bits per heavy atom. The molecule has 0 atom stereocenters. The molecule has 2 N–H and O–H groups in total. The van der Waals surface area contributed by atoms with Crippen molar-refractivity contribution in [1.29, 1.82) is 5.26 Å². The lowest BCUT2D eigenvalue weighted by molar-refractivity contribution is 0.0697. The van der Waals surface area contributed by atoms with Crippen molar-refractivity contribution in [3.05, 3.63) is 29.6 Å². The molecule has 0 saturated heterocycles. The molecule has 0 fully saturated rings. The van der Waals surface area contributed by atoms with E-state index in [-0.39, 0.29) is 18.7 Å². The van der Waals surface area contributed by atoms with E-state index in [0.717, 1.165) is 0 Å². The number of aromatic nitrogens is 2. The third-order valence-electron chi connectivity index (χ3n) is 2.44. The highest BCUT2D eigenvalue weighted by Gasteiger charge is 2.12. The molecule has 0 amide bonds. The van der Waals surface area contributed by atoms with E-state index in [1.807, 2.05) is 6.07 Å². The molecular formula is C11H9N3O3. The van der Waals surface area contributed by atoms with Gasteiger partial charge >= 0.3 is 5.97 Å². The predicted molar refractivity (Wildman–Crippen MR) is 58.2 cm³/mol. The zero-order chi connectivity index (χ0) is 12.4. The number of rotatable bonds is 3. The van der Waals surface area contributed by atoms with Gasteiger partial charge in [0.25, 0.3) is 0 Å². The fourth-order valence-electron chi connectivity index (χ4n) is 1.68. The third kappa shape index (κ3) is 1.84. The zero-order valence-electron chi connectivity index (χ0n) is 8.79. The molecule has 1 heterocycles. The molecule has 0 aliphatic rings. The van der Waals surface area contributed by atoms with Crippen molar-refractivity contribution in [2.45, 2.75) is 13.2 Å². The Morgan fingerprint density at radius 3 is 2.88 bits per heavy atom. The fraction of sp³-hybridized carbons (Fsp3) is 0.182. The second-order valence-corrected chi connectivity index (χ2v) is 3.44. The first-order valence-electron chi connectivity index (χ1n) is 4.87. The number of carboxylic acid groups (broad SMARTS) is 1. The molecule has 6 heteroatoms. The Balaban J connectivity index is 2.66. The topological polar surface area (TPSA) is 99.1 Å². The van der Waals surface area contributed by atoms with Gasteiger partial charge in [0, 0.05) is 0 Å². The van der Waals surface area contributed by atoms with Crippen LogP contribution in [0.15, 0.2) is 18.2 Å². The van der Waals surface area contributed by atoms with Crippen LogP contribution in [0.2, 0.25) is 0 Å². The maximum absolute atomic E-state index is 10.8. The summed E-state index contributed by atoms with van der Waals surface area (Å²) in [6.45, 7) is -0.225. The number of aliphatic hydroxyl groups excluding tert-OH is 1. The van der Waals surface area contributed by atoms with Gasteiger partial charge in [-0.3, -0.25) is 0 Å². The van der Waals surface area contributed by atoms with Gasteiger partial charge in [0.05, 0.1) is 22.7 Å². The van der Waals surface area contributed by atoms with Gasteiger partial charge in [0.15, 0.2) is 0 Å². The molecule has 17 heavy (non-hydrogen) atoms. The van der Waals surface area contributed by atoms with Crippen LogP contribution in [-0.2, 0) is 13.2 Å².